The van der Waals surface area contributed by atoms with Gasteiger partial charge in [-0.05, 0) is 47.7 Å². The number of hydrogen-bond acceptors (Lipinski definition) is 4. The van der Waals surface area contributed by atoms with Crippen LogP contribution in [-0.4, -0.2) is 31.8 Å². The molecule has 0 atom stereocenters. The van der Waals surface area contributed by atoms with Crippen LogP contribution < -0.4 is 0 Å². The lowest BCUT2D eigenvalue weighted by Crippen LogP contribution is -2.24. The number of nitrogens with zero attached hydrogens (tertiary/aromatic N) is 4. The molecule has 0 saturated heterocycles. The first-order chi connectivity index (χ1) is 15.0. The first-order valence-corrected chi connectivity index (χ1v) is 10.9. The first-order valence-electron chi connectivity index (χ1n) is 9.68. The maximum absolute atomic E-state index is 15.0. The van der Waals surface area contributed by atoms with E-state index >= 15 is 8.78 Å². The standard InChI is InChI=1S/C23H18F2N4OS/c1-28-10-16-14(5-6-21(31-2)22(16)27-28)13-8-18(24)17(19(25)9-13)11-29-12-20-15(23(29)30)4-3-7-26-20/h3-10H,11-12H2,1-2H3. The highest BCUT2D eigenvalue weighted by atomic mass is 32.2. The van der Waals surface area contributed by atoms with E-state index in [-0.39, 0.29) is 24.6 Å². The van der Waals surface area contributed by atoms with Crippen LogP contribution in [0.3, 0.4) is 0 Å². The number of hydrogen-bond donors (Lipinski definition) is 0. The second kappa shape index (κ2) is 7.46. The summed E-state index contributed by atoms with van der Waals surface area (Å²) >= 11 is 1.57. The van der Waals surface area contributed by atoms with E-state index in [9.17, 15) is 4.79 Å². The molecule has 2 aromatic heterocycles. The molecular formula is C23H18F2N4OS. The summed E-state index contributed by atoms with van der Waals surface area (Å²) in [5.74, 6) is -1.63. The highest BCUT2D eigenvalue weighted by Gasteiger charge is 2.29. The predicted octanol–water partition coefficient (Wildman–Crippen LogP) is 4.79. The Morgan fingerprint density at radius 1 is 1.13 bits per heavy atom. The van der Waals surface area contributed by atoms with E-state index in [1.165, 1.54) is 17.0 Å². The molecule has 156 valence electrons. The van der Waals surface area contributed by atoms with Gasteiger partial charge < -0.3 is 4.90 Å². The van der Waals surface area contributed by atoms with Crippen molar-refractivity contribution in [2.45, 2.75) is 18.0 Å². The molecule has 0 spiro atoms. The van der Waals surface area contributed by atoms with Crippen LogP contribution in [-0.2, 0) is 20.1 Å². The number of rotatable bonds is 4. The van der Waals surface area contributed by atoms with Gasteiger partial charge in [-0.15, -0.1) is 11.8 Å². The van der Waals surface area contributed by atoms with Gasteiger partial charge in [0.25, 0.3) is 5.91 Å². The molecule has 0 N–H and O–H groups in total. The Balaban J connectivity index is 1.51. The Morgan fingerprint density at radius 3 is 2.61 bits per heavy atom. The predicted molar refractivity (Wildman–Crippen MR) is 116 cm³/mol. The molecule has 4 aromatic rings. The van der Waals surface area contributed by atoms with Gasteiger partial charge in [-0.3, -0.25) is 14.5 Å². The Bertz CT molecular complexity index is 1330. The molecule has 1 amide bonds. The minimum Gasteiger partial charge on any atom is -0.328 e. The van der Waals surface area contributed by atoms with Crippen molar-refractivity contribution < 1.29 is 13.6 Å². The maximum atomic E-state index is 15.0. The normalized spacial score (nSPS) is 13.3. The SMILES string of the molecule is CSc1ccc(-c2cc(F)c(CN3Cc4ncccc4C3=O)c(F)c2)c2cn(C)nc12. The van der Waals surface area contributed by atoms with Crippen LogP contribution in [0.25, 0.3) is 22.0 Å². The third-order valence-corrected chi connectivity index (χ3v) is 6.29. The third-order valence-electron chi connectivity index (χ3n) is 5.52. The number of carbonyl (C=O) groups excluding carboxylic acids is 1. The van der Waals surface area contributed by atoms with Gasteiger partial charge in [-0.2, -0.15) is 5.10 Å². The number of pyridine rings is 1. The summed E-state index contributed by atoms with van der Waals surface area (Å²) in [7, 11) is 1.82. The quantitative estimate of drug-likeness (QED) is 0.432. The molecule has 0 radical (unpaired) electrons. The smallest absolute Gasteiger partial charge is 0.256 e. The molecule has 0 unspecified atom stereocenters. The van der Waals surface area contributed by atoms with Gasteiger partial charge in [0.05, 0.1) is 24.3 Å². The van der Waals surface area contributed by atoms with Gasteiger partial charge in [0.15, 0.2) is 0 Å². The Kier molecular flexibility index (Phi) is 4.74. The average Bonchev–Trinajstić information content (AvgIpc) is 3.29. The highest BCUT2D eigenvalue weighted by Crippen LogP contribution is 2.35. The first kappa shape index (κ1) is 19.7. The number of carbonyl (C=O) groups is 1. The topological polar surface area (TPSA) is 51.0 Å². The Morgan fingerprint density at radius 2 is 1.90 bits per heavy atom. The van der Waals surface area contributed by atoms with Gasteiger partial charge in [-0.25, -0.2) is 8.78 Å². The van der Waals surface area contributed by atoms with Crippen molar-refractivity contribution in [3.8, 4) is 11.1 Å². The van der Waals surface area contributed by atoms with E-state index in [2.05, 4.69) is 10.1 Å². The van der Waals surface area contributed by atoms with Gasteiger partial charge in [-0.1, -0.05) is 6.07 Å². The molecule has 0 aliphatic carbocycles. The fourth-order valence-electron chi connectivity index (χ4n) is 4.02. The zero-order chi connectivity index (χ0) is 21.7. The molecule has 8 heteroatoms. The van der Waals surface area contributed by atoms with E-state index in [4.69, 9.17) is 0 Å². The van der Waals surface area contributed by atoms with Crippen LogP contribution >= 0.6 is 11.8 Å². The molecule has 5 rings (SSSR count). The zero-order valence-electron chi connectivity index (χ0n) is 16.9. The van der Waals surface area contributed by atoms with Crippen molar-refractivity contribution >= 4 is 28.6 Å². The van der Waals surface area contributed by atoms with Gasteiger partial charge in [0, 0.05) is 35.3 Å². The average molecular weight is 436 g/mol. The second-order valence-electron chi connectivity index (χ2n) is 7.46. The van der Waals surface area contributed by atoms with Gasteiger partial charge in [0.2, 0.25) is 0 Å². The number of aromatic nitrogens is 3. The second-order valence-corrected chi connectivity index (χ2v) is 8.31. The summed E-state index contributed by atoms with van der Waals surface area (Å²) in [4.78, 5) is 19.1. The van der Waals surface area contributed by atoms with Crippen LogP contribution in [0.1, 0.15) is 21.6 Å². The number of halogens is 2. The van der Waals surface area contributed by atoms with Crippen molar-refractivity contribution in [1.82, 2.24) is 19.7 Å². The number of aryl methyl sites for hydroxylation is 1. The lowest BCUT2D eigenvalue weighted by Gasteiger charge is -2.17. The van der Waals surface area contributed by atoms with Crippen LogP contribution in [0.2, 0.25) is 0 Å². The highest BCUT2D eigenvalue weighted by molar-refractivity contribution is 7.98. The van der Waals surface area contributed by atoms with Crippen molar-refractivity contribution in [2.75, 3.05) is 6.26 Å². The zero-order valence-corrected chi connectivity index (χ0v) is 17.7. The van der Waals surface area contributed by atoms with E-state index in [0.29, 0.717) is 22.4 Å². The molecule has 3 heterocycles. The molecule has 31 heavy (non-hydrogen) atoms. The number of amides is 1. The summed E-state index contributed by atoms with van der Waals surface area (Å²) < 4.78 is 31.8. The molecule has 0 bridgehead atoms. The number of thioether (sulfide) groups is 1. The summed E-state index contributed by atoms with van der Waals surface area (Å²) in [6.07, 6.45) is 5.42. The molecule has 0 fully saturated rings. The van der Waals surface area contributed by atoms with Crippen molar-refractivity contribution in [2.24, 2.45) is 7.05 Å². The lowest BCUT2D eigenvalue weighted by molar-refractivity contribution is 0.0763. The molecular weight excluding hydrogens is 418 g/mol. The maximum Gasteiger partial charge on any atom is 0.256 e. The number of benzene rings is 2. The molecule has 2 aromatic carbocycles. The molecule has 1 aliphatic heterocycles. The summed E-state index contributed by atoms with van der Waals surface area (Å²) in [6.45, 7) is 0.0863. The van der Waals surface area contributed by atoms with Crippen molar-refractivity contribution in [3.63, 3.8) is 0 Å². The Labute approximate surface area is 181 Å². The van der Waals surface area contributed by atoms with Crippen LogP contribution in [0.15, 0.2) is 53.7 Å². The fourth-order valence-corrected chi connectivity index (χ4v) is 4.57. The minimum absolute atomic E-state index is 0.131. The van der Waals surface area contributed by atoms with Crippen molar-refractivity contribution in [3.05, 3.63) is 77.2 Å². The van der Waals surface area contributed by atoms with Crippen LogP contribution in [0, 0.1) is 11.6 Å². The third kappa shape index (κ3) is 3.27. The molecule has 1 aliphatic rings. The van der Waals surface area contributed by atoms with Crippen molar-refractivity contribution in [1.29, 1.82) is 0 Å². The van der Waals surface area contributed by atoms with Crippen LogP contribution in [0.5, 0.6) is 0 Å². The van der Waals surface area contributed by atoms with E-state index in [1.807, 2.05) is 31.6 Å². The number of fused-ring (bicyclic) bond motifs is 2. The van der Waals surface area contributed by atoms with Gasteiger partial charge in [0.1, 0.15) is 17.2 Å². The molecule has 0 saturated carbocycles. The summed E-state index contributed by atoms with van der Waals surface area (Å²) in [5, 5.41) is 5.32. The van der Waals surface area contributed by atoms with Crippen LogP contribution in [0.4, 0.5) is 8.78 Å². The largest absolute Gasteiger partial charge is 0.328 e. The Hall–Kier alpha value is -3.26. The summed E-state index contributed by atoms with van der Waals surface area (Å²) in [6, 6.07) is 9.77. The fraction of sp³-hybridized carbons (Fsp3) is 0.174. The van der Waals surface area contributed by atoms with E-state index < -0.39 is 11.6 Å². The van der Waals surface area contributed by atoms with Gasteiger partial charge >= 0.3 is 0 Å². The molecule has 5 nitrogen and oxygen atoms in total. The monoisotopic (exact) mass is 436 g/mol. The minimum atomic E-state index is -0.683. The lowest BCUT2D eigenvalue weighted by atomic mass is 9.99. The summed E-state index contributed by atoms with van der Waals surface area (Å²) in [5.41, 5.74) is 2.91. The van der Waals surface area contributed by atoms with E-state index in [0.717, 1.165) is 15.8 Å². The van der Waals surface area contributed by atoms with E-state index in [1.54, 1.807) is 34.8 Å².